The van der Waals surface area contributed by atoms with Gasteiger partial charge in [-0.1, -0.05) is 50.1 Å². The second-order valence-corrected chi connectivity index (χ2v) is 5.26. The predicted octanol–water partition coefficient (Wildman–Crippen LogP) is 2.75. The van der Waals surface area contributed by atoms with E-state index in [4.69, 9.17) is 5.73 Å². The van der Waals surface area contributed by atoms with Crippen LogP contribution in [0.3, 0.4) is 0 Å². The third-order valence-corrected chi connectivity index (χ3v) is 3.86. The van der Waals surface area contributed by atoms with E-state index in [9.17, 15) is 0 Å². The lowest BCUT2D eigenvalue weighted by Gasteiger charge is -2.29. The summed E-state index contributed by atoms with van der Waals surface area (Å²) in [7, 11) is 0. The van der Waals surface area contributed by atoms with Gasteiger partial charge in [-0.05, 0) is 12.0 Å². The van der Waals surface area contributed by atoms with Crippen LogP contribution in [0.25, 0.3) is 11.2 Å². The number of rotatable bonds is 5. The maximum Gasteiger partial charge on any atom is 0.180 e. The number of H-pyrrole nitrogens is 1. The number of hydrogen-bond acceptors (Lipinski definition) is 4. The Morgan fingerprint density at radius 2 is 1.95 bits per heavy atom. The molecule has 0 aliphatic heterocycles. The minimum Gasteiger partial charge on any atom is -0.342 e. The summed E-state index contributed by atoms with van der Waals surface area (Å²) >= 11 is 0. The molecule has 0 saturated heterocycles. The highest BCUT2D eigenvalue weighted by Gasteiger charge is 2.33. The lowest BCUT2D eigenvalue weighted by atomic mass is 9.82. The van der Waals surface area contributed by atoms with Crippen LogP contribution >= 0.6 is 0 Å². The average molecular weight is 281 g/mol. The minimum atomic E-state index is -0.634. The fraction of sp³-hybridized carbons (Fsp3) is 0.312. The van der Waals surface area contributed by atoms with E-state index in [0.29, 0.717) is 5.65 Å². The third kappa shape index (κ3) is 2.40. The van der Waals surface area contributed by atoms with Crippen molar-refractivity contribution in [2.24, 2.45) is 5.73 Å². The Hall–Kier alpha value is -2.27. The van der Waals surface area contributed by atoms with Crippen LogP contribution in [0.5, 0.6) is 0 Å². The zero-order valence-electron chi connectivity index (χ0n) is 12.1. The Kier molecular flexibility index (Phi) is 3.66. The molecule has 0 spiro atoms. The first-order valence-corrected chi connectivity index (χ1v) is 7.24. The van der Waals surface area contributed by atoms with E-state index < -0.39 is 5.54 Å². The maximum absolute atomic E-state index is 6.81. The smallest absolute Gasteiger partial charge is 0.180 e. The molecule has 5 heteroatoms. The van der Waals surface area contributed by atoms with Gasteiger partial charge in [0.25, 0.3) is 0 Å². The first-order valence-electron chi connectivity index (χ1n) is 7.24. The summed E-state index contributed by atoms with van der Waals surface area (Å²) in [5.74, 6) is 0. The van der Waals surface area contributed by atoms with Gasteiger partial charge in [-0.25, -0.2) is 15.0 Å². The number of imidazole rings is 1. The number of nitrogens with two attached hydrogens (primary N) is 1. The molecular weight excluding hydrogens is 262 g/mol. The summed E-state index contributed by atoms with van der Waals surface area (Å²) in [5.41, 5.74) is 9.53. The van der Waals surface area contributed by atoms with Crippen molar-refractivity contribution in [3.63, 3.8) is 0 Å². The van der Waals surface area contributed by atoms with E-state index in [-0.39, 0.29) is 0 Å². The molecule has 21 heavy (non-hydrogen) atoms. The third-order valence-electron chi connectivity index (χ3n) is 3.86. The van der Waals surface area contributed by atoms with Gasteiger partial charge in [-0.3, -0.25) is 0 Å². The lowest BCUT2D eigenvalue weighted by molar-refractivity contribution is 0.459. The molecule has 0 radical (unpaired) electrons. The summed E-state index contributed by atoms with van der Waals surface area (Å²) in [6, 6.07) is 10.1. The van der Waals surface area contributed by atoms with Crippen LogP contribution in [0.2, 0.25) is 0 Å². The number of nitrogens with one attached hydrogen (secondary N) is 1. The van der Waals surface area contributed by atoms with E-state index in [1.807, 2.05) is 18.2 Å². The van der Waals surface area contributed by atoms with Crippen LogP contribution in [-0.4, -0.2) is 19.9 Å². The summed E-state index contributed by atoms with van der Waals surface area (Å²) in [5, 5.41) is 0. The van der Waals surface area contributed by atoms with Gasteiger partial charge in [0.05, 0.1) is 17.6 Å². The molecule has 2 aromatic heterocycles. The molecule has 3 rings (SSSR count). The van der Waals surface area contributed by atoms with Crippen molar-refractivity contribution in [1.29, 1.82) is 0 Å². The molecule has 1 unspecified atom stereocenters. The van der Waals surface area contributed by atoms with Gasteiger partial charge in [-0.15, -0.1) is 0 Å². The van der Waals surface area contributed by atoms with Gasteiger partial charge in [0, 0.05) is 0 Å². The molecule has 108 valence electrons. The van der Waals surface area contributed by atoms with Crippen molar-refractivity contribution in [2.45, 2.75) is 31.7 Å². The van der Waals surface area contributed by atoms with E-state index >= 15 is 0 Å². The van der Waals surface area contributed by atoms with E-state index in [1.165, 1.54) is 6.33 Å². The zero-order chi connectivity index (χ0) is 14.7. The molecule has 1 atom stereocenters. The number of nitrogens with zero attached hydrogens (tertiary/aromatic N) is 3. The Balaban J connectivity index is 2.17. The van der Waals surface area contributed by atoms with E-state index in [2.05, 4.69) is 39.0 Å². The minimum absolute atomic E-state index is 0.634. The molecule has 0 saturated carbocycles. The van der Waals surface area contributed by atoms with Gasteiger partial charge >= 0.3 is 0 Å². The highest BCUT2D eigenvalue weighted by atomic mass is 15.0. The molecule has 0 bridgehead atoms. The topological polar surface area (TPSA) is 80.5 Å². The normalized spacial score (nSPS) is 14.2. The molecule has 0 amide bonds. The van der Waals surface area contributed by atoms with Gasteiger partial charge in [0.1, 0.15) is 11.8 Å². The van der Waals surface area contributed by atoms with Crippen molar-refractivity contribution in [2.75, 3.05) is 0 Å². The highest BCUT2D eigenvalue weighted by molar-refractivity contribution is 5.74. The number of fused-ring (bicyclic) bond motifs is 1. The molecule has 3 N–H and O–H groups in total. The van der Waals surface area contributed by atoms with Crippen molar-refractivity contribution in [1.82, 2.24) is 19.9 Å². The summed E-state index contributed by atoms with van der Waals surface area (Å²) < 4.78 is 0. The van der Waals surface area contributed by atoms with Crippen LogP contribution < -0.4 is 5.73 Å². The first kappa shape index (κ1) is 13.7. The van der Waals surface area contributed by atoms with Crippen LogP contribution in [-0.2, 0) is 5.54 Å². The number of aromatic amines is 1. The van der Waals surface area contributed by atoms with Crippen molar-refractivity contribution >= 4 is 11.2 Å². The lowest BCUT2D eigenvalue weighted by Crippen LogP contribution is -2.39. The number of benzene rings is 1. The molecule has 1 aromatic carbocycles. The molecule has 0 fully saturated rings. The first-order chi connectivity index (χ1) is 10.3. The second kappa shape index (κ2) is 5.61. The molecule has 5 nitrogen and oxygen atoms in total. The zero-order valence-corrected chi connectivity index (χ0v) is 12.1. The largest absolute Gasteiger partial charge is 0.342 e. The second-order valence-electron chi connectivity index (χ2n) is 5.26. The van der Waals surface area contributed by atoms with Gasteiger partial charge in [0.2, 0.25) is 0 Å². The Labute approximate surface area is 123 Å². The van der Waals surface area contributed by atoms with Crippen LogP contribution in [0.1, 0.15) is 37.4 Å². The molecular formula is C16H19N5. The SMILES string of the molecule is CCCCC(N)(c1ccccc1)c1ncnc2nc[nH]c12. The summed E-state index contributed by atoms with van der Waals surface area (Å²) in [6.07, 6.45) is 6.12. The van der Waals surface area contributed by atoms with Gasteiger partial charge < -0.3 is 10.7 Å². The quantitative estimate of drug-likeness (QED) is 0.753. The predicted molar refractivity (Wildman–Crippen MR) is 82.6 cm³/mol. The fourth-order valence-corrected chi connectivity index (χ4v) is 2.69. The number of aromatic nitrogens is 4. The molecule has 2 heterocycles. The molecule has 3 aromatic rings. The fourth-order valence-electron chi connectivity index (χ4n) is 2.69. The van der Waals surface area contributed by atoms with Crippen molar-refractivity contribution in [3.05, 3.63) is 54.2 Å². The van der Waals surface area contributed by atoms with Crippen molar-refractivity contribution in [3.8, 4) is 0 Å². The van der Waals surface area contributed by atoms with Gasteiger partial charge in [-0.2, -0.15) is 0 Å². The molecule has 0 aliphatic rings. The highest BCUT2D eigenvalue weighted by Crippen LogP contribution is 2.33. The Bertz CT molecular complexity index is 722. The van der Waals surface area contributed by atoms with E-state index in [0.717, 1.165) is 36.0 Å². The summed E-state index contributed by atoms with van der Waals surface area (Å²) in [6.45, 7) is 2.16. The van der Waals surface area contributed by atoms with E-state index in [1.54, 1.807) is 6.33 Å². The van der Waals surface area contributed by atoms with Crippen molar-refractivity contribution < 1.29 is 0 Å². The van der Waals surface area contributed by atoms with Crippen LogP contribution in [0.4, 0.5) is 0 Å². The number of hydrogen-bond donors (Lipinski definition) is 2. The monoisotopic (exact) mass is 281 g/mol. The maximum atomic E-state index is 6.81. The standard InChI is InChI=1S/C16H19N5/c1-2-3-9-16(17,12-7-5-4-6-8-12)14-13-15(20-10-18-13)21-11-19-14/h4-8,10-11H,2-3,9,17H2,1H3,(H,18,19,20,21). The number of unbranched alkanes of at least 4 members (excludes halogenated alkanes) is 1. The Morgan fingerprint density at radius 3 is 2.71 bits per heavy atom. The Morgan fingerprint density at radius 1 is 1.14 bits per heavy atom. The summed E-state index contributed by atoms with van der Waals surface area (Å²) in [4.78, 5) is 16.0. The van der Waals surface area contributed by atoms with Gasteiger partial charge in [0.15, 0.2) is 5.65 Å². The van der Waals surface area contributed by atoms with Crippen LogP contribution in [0, 0.1) is 0 Å². The van der Waals surface area contributed by atoms with Crippen LogP contribution in [0.15, 0.2) is 43.0 Å². The average Bonchev–Trinajstić information content (AvgIpc) is 3.02. The molecule has 0 aliphatic carbocycles.